The zero-order valence-electron chi connectivity index (χ0n) is 36.9. The summed E-state index contributed by atoms with van der Waals surface area (Å²) in [6, 6.07) is 75.6. The number of aryl methyl sites for hydroxylation is 2. The highest BCUT2D eigenvalue weighted by molar-refractivity contribution is 6.09. The molecule has 0 unspecified atom stereocenters. The number of aliphatic imine (C=N–C) groups is 1. The van der Waals surface area contributed by atoms with Gasteiger partial charge in [0.1, 0.15) is 0 Å². The average Bonchev–Trinajstić information content (AvgIpc) is 3.88. The van der Waals surface area contributed by atoms with Gasteiger partial charge in [0.15, 0.2) is 28.8 Å². The molecule has 6 heteroatoms. The van der Waals surface area contributed by atoms with E-state index in [1.807, 2.05) is 60.7 Å². The molecule has 66 heavy (non-hydrogen) atoms. The van der Waals surface area contributed by atoms with Gasteiger partial charge < -0.3 is 19.5 Å². The number of fused-ring (bicyclic) bond motifs is 9. The molecule has 0 saturated carbocycles. The van der Waals surface area contributed by atoms with Crippen molar-refractivity contribution in [3.8, 4) is 39.8 Å². The van der Waals surface area contributed by atoms with Gasteiger partial charge in [-0.25, -0.2) is 4.99 Å². The van der Waals surface area contributed by atoms with Crippen LogP contribution in [0.25, 0.3) is 38.6 Å². The van der Waals surface area contributed by atoms with Crippen LogP contribution in [0.5, 0.6) is 23.0 Å². The Bertz CT molecular complexity index is 3250. The van der Waals surface area contributed by atoms with Crippen LogP contribution in [-0.4, -0.2) is 23.8 Å². The number of rotatable bonds is 4. The van der Waals surface area contributed by atoms with Crippen molar-refractivity contribution in [2.24, 2.45) is 4.99 Å². The van der Waals surface area contributed by atoms with E-state index in [0.29, 0.717) is 0 Å². The van der Waals surface area contributed by atoms with Gasteiger partial charge in [0, 0.05) is 27.6 Å². The summed E-state index contributed by atoms with van der Waals surface area (Å²) in [5, 5.41) is 15.7. The number of ether oxygens (including phenoxy) is 2. The van der Waals surface area contributed by atoms with Gasteiger partial charge in [0.25, 0.3) is 0 Å². The maximum absolute atomic E-state index is 7.75. The molecule has 0 spiro atoms. The van der Waals surface area contributed by atoms with Crippen molar-refractivity contribution >= 4 is 41.1 Å². The van der Waals surface area contributed by atoms with Crippen LogP contribution in [0.2, 0.25) is 0 Å². The second-order valence-corrected chi connectivity index (χ2v) is 16.1. The number of nitrogens with one attached hydrogen (secondary N) is 2. The van der Waals surface area contributed by atoms with Gasteiger partial charge >= 0.3 is 0 Å². The van der Waals surface area contributed by atoms with E-state index in [1.165, 1.54) is 55.2 Å². The second-order valence-electron chi connectivity index (χ2n) is 16.1. The minimum Gasteiger partial charge on any atom is -0.449 e. The van der Waals surface area contributed by atoms with Crippen molar-refractivity contribution in [1.82, 2.24) is 4.57 Å². The summed E-state index contributed by atoms with van der Waals surface area (Å²) in [7, 11) is 0. The molecule has 320 valence electrons. The number of nitrogens with zero attached hydrogens (tertiary/aromatic N) is 2. The number of para-hydroxylation sites is 2. The quantitative estimate of drug-likeness (QED) is 0.136. The molecule has 0 saturated heterocycles. The normalized spacial score (nSPS) is 12.1. The van der Waals surface area contributed by atoms with Gasteiger partial charge in [-0.2, -0.15) is 0 Å². The molecule has 0 radical (unpaired) electrons. The van der Waals surface area contributed by atoms with Gasteiger partial charge in [-0.05, 0) is 115 Å². The van der Waals surface area contributed by atoms with E-state index in [2.05, 4.69) is 195 Å². The van der Waals surface area contributed by atoms with E-state index >= 15 is 0 Å². The monoisotopic (exact) mass is 856 g/mol. The van der Waals surface area contributed by atoms with Gasteiger partial charge in [0.2, 0.25) is 0 Å². The smallest absolute Gasteiger partial charge is 0.178 e. The minimum absolute atomic E-state index is 0.193. The molecule has 0 atom stereocenters. The van der Waals surface area contributed by atoms with E-state index in [-0.39, 0.29) is 5.84 Å². The van der Waals surface area contributed by atoms with Crippen LogP contribution in [0.15, 0.2) is 223 Å². The summed E-state index contributed by atoms with van der Waals surface area (Å²) in [5.74, 6) is 3.24. The Morgan fingerprint density at radius 2 is 1.03 bits per heavy atom. The van der Waals surface area contributed by atoms with E-state index in [0.717, 1.165) is 45.4 Å². The molecular formula is C60H48N4O2. The third-order valence-corrected chi connectivity index (χ3v) is 12.1. The molecule has 1 aromatic heterocycles. The Balaban J connectivity index is 0.000000147. The zero-order valence-corrected chi connectivity index (χ0v) is 36.9. The number of aromatic nitrogens is 1. The highest BCUT2D eigenvalue weighted by atomic mass is 16.6. The van der Waals surface area contributed by atoms with E-state index in [1.54, 1.807) is 0 Å². The summed E-state index contributed by atoms with van der Waals surface area (Å²) in [4.78, 5) is 3.68. The van der Waals surface area contributed by atoms with Crippen molar-refractivity contribution in [3.05, 3.63) is 257 Å². The van der Waals surface area contributed by atoms with Crippen LogP contribution in [-0.2, 0) is 5.41 Å². The van der Waals surface area contributed by atoms with Crippen LogP contribution in [0.1, 0.15) is 38.9 Å². The molecule has 2 aliphatic rings. The summed E-state index contributed by atoms with van der Waals surface area (Å²) in [6.45, 7) is 10.1. The van der Waals surface area contributed by atoms with Gasteiger partial charge in [0.05, 0.1) is 16.4 Å². The third kappa shape index (κ3) is 7.65. The van der Waals surface area contributed by atoms with Gasteiger partial charge in [-0.1, -0.05) is 169 Å². The molecule has 0 amide bonds. The van der Waals surface area contributed by atoms with Gasteiger partial charge in [-0.15, -0.1) is 0 Å². The van der Waals surface area contributed by atoms with Crippen LogP contribution in [0.3, 0.4) is 0 Å². The lowest BCUT2D eigenvalue weighted by Gasteiger charge is -2.34. The van der Waals surface area contributed by atoms with E-state index in [4.69, 9.17) is 20.3 Å². The standard InChI is InChI=1S/C32H22O2.C20H15N3.C7H8.CH3N/c1-21-16-18-27-29(20-21)34-31-28(33-27)19-17-26-30(31)24-14-8-9-15-25(24)32(26,22-10-4-2-5-11-22)23-12-6-3-7-13-23;1-22-20(21)14-10-12-15(13-11-14)23-18-8-4-2-6-16(18)17-7-3-5-9-19(17)23;1-7-5-3-2-4-6-7;1-2/h2-20H,1H3;2-13,21H,1H2;2-6H,1H3;2H,1H2. The molecule has 10 aromatic rings. The number of benzene rings is 9. The number of hydrogen-bond donors (Lipinski definition) is 2. The summed E-state index contributed by atoms with van der Waals surface area (Å²) in [5.41, 5.74) is 13.4. The maximum Gasteiger partial charge on any atom is 0.178 e. The molecule has 6 nitrogen and oxygen atoms in total. The molecule has 9 aromatic carbocycles. The highest BCUT2D eigenvalue weighted by Gasteiger charge is 2.48. The number of hydrogen-bond acceptors (Lipinski definition) is 4. The van der Waals surface area contributed by atoms with Crippen molar-refractivity contribution in [2.45, 2.75) is 19.3 Å². The maximum atomic E-state index is 7.75. The Hall–Kier alpha value is -8.61. The largest absolute Gasteiger partial charge is 0.449 e. The first-order chi connectivity index (χ1) is 32.4. The topological polar surface area (TPSA) is 83.5 Å². The van der Waals surface area contributed by atoms with Crippen LogP contribution in [0, 0.1) is 24.7 Å². The fraction of sp³-hybridized carbons (Fsp3) is 0.0500. The Kier molecular flexibility index (Phi) is 12.0. The molecular weight excluding hydrogens is 809 g/mol. The van der Waals surface area contributed by atoms with E-state index < -0.39 is 5.41 Å². The van der Waals surface area contributed by atoms with Crippen molar-refractivity contribution < 1.29 is 9.47 Å². The minimum atomic E-state index is -0.445. The van der Waals surface area contributed by atoms with Crippen molar-refractivity contribution in [1.29, 1.82) is 10.8 Å². The highest BCUT2D eigenvalue weighted by Crippen LogP contribution is 2.62. The van der Waals surface area contributed by atoms with Gasteiger partial charge in [-0.3, -0.25) is 5.41 Å². The van der Waals surface area contributed by atoms with Crippen molar-refractivity contribution in [2.75, 3.05) is 0 Å². The molecule has 2 heterocycles. The Morgan fingerprint density at radius 3 is 1.61 bits per heavy atom. The summed E-state index contributed by atoms with van der Waals surface area (Å²) in [6.07, 6.45) is 0. The van der Waals surface area contributed by atoms with Crippen molar-refractivity contribution in [3.63, 3.8) is 0 Å². The molecule has 1 aliphatic heterocycles. The van der Waals surface area contributed by atoms with E-state index in [9.17, 15) is 0 Å². The summed E-state index contributed by atoms with van der Waals surface area (Å²) < 4.78 is 15.2. The Morgan fingerprint density at radius 1 is 0.500 bits per heavy atom. The lowest BCUT2D eigenvalue weighted by Crippen LogP contribution is -2.28. The SMILES string of the molecule is C=N.C=NC(=N)c1ccc(-n2c3ccccc3c3ccccc32)cc1.Cc1ccc2c(c1)Oc1c(ccc3c1-c1ccccc1C3(c1ccccc1)c1ccccc1)O2.Cc1ccccc1. The van der Waals surface area contributed by atoms with Crippen LogP contribution < -0.4 is 9.47 Å². The lowest BCUT2D eigenvalue weighted by atomic mass is 9.68. The first-order valence-corrected chi connectivity index (χ1v) is 21.8. The molecule has 0 fully saturated rings. The lowest BCUT2D eigenvalue weighted by molar-refractivity contribution is 0.360. The molecule has 0 bridgehead atoms. The zero-order chi connectivity index (χ0) is 45.6. The number of amidine groups is 1. The first kappa shape index (κ1) is 42.7. The molecule has 12 rings (SSSR count). The molecule has 2 N–H and O–H groups in total. The molecule has 1 aliphatic carbocycles. The average molecular weight is 857 g/mol. The second kappa shape index (κ2) is 18.6. The predicted molar refractivity (Wildman–Crippen MR) is 273 cm³/mol. The van der Waals surface area contributed by atoms with Crippen LogP contribution in [0.4, 0.5) is 0 Å². The fourth-order valence-electron chi connectivity index (χ4n) is 9.27. The van der Waals surface area contributed by atoms with Crippen LogP contribution >= 0.6 is 0 Å². The summed E-state index contributed by atoms with van der Waals surface area (Å²) >= 11 is 0. The first-order valence-electron chi connectivity index (χ1n) is 21.8. The predicted octanol–water partition coefficient (Wildman–Crippen LogP) is 15.3. The fourth-order valence-corrected chi connectivity index (χ4v) is 9.27. The Labute approximate surface area is 385 Å². The third-order valence-electron chi connectivity index (χ3n) is 12.1.